The summed E-state index contributed by atoms with van der Waals surface area (Å²) in [5.74, 6) is -3.74. The summed E-state index contributed by atoms with van der Waals surface area (Å²) in [7, 11) is 1.54. The highest BCUT2D eigenvalue weighted by Crippen LogP contribution is 2.14. The van der Waals surface area contributed by atoms with Crippen molar-refractivity contribution in [1.29, 1.82) is 0 Å². The van der Waals surface area contributed by atoms with Crippen LogP contribution in [0, 0.1) is 17.5 Å². The molecule has 15 heavy (non-hydrogen) atoms. The van der Waals surface area contributed by atoms with E-state index < -0.39 is 17.5 Å². The van der Waals surface area contributed by atoms with E-state index in [1.165, 1.54) is 6.07 Å². The molecule has 0 radical (unpaired) electrons. The lowest BCUT2D eigenvalue weighted by molar-refractivity contribution is 0.199. The zero-order chi connectivity index (χ0) is 11.3. The molecule has 0 amide bonds. The average molecular weight is 219 g/mol. The molecule has 1 N–H and O–H groups in total. The summed E-state index contributed by atoms with van der Waals surface area (Å²) in [6, 6.07) is 2.12. The van der Waals surface area contributed by atoms with Gasteiger partial charge >= 0.3 is 0 Å². The molecule has 0 fully saturated rings. The number of hydrogen-bond donors (Lipinski definition) is 1. The van der Waals surface area contributed by atoms with Crippen molar-refractivity contribution in [2.75, 3.05) is 20.3 Å². The molecule has 0 spiro atoms. The number of ether oxygens (including phenoxy) is 1. The highest BCUT2D eigenvalue weighted by Gasteiger charge is 2.12. The van der Waals surface area contributed by atoms with E-state index in [0.29, 0.717) is 13.2 Å². The van der Waals surface area contributed by atoms with Crippen LogP contribution in [0.4, 0.5) is 13.2 Å². The van der Waals surface area contributed by atoms with E-state index in [2.05, 4.69) is 5.32 Å². The first-order valence-electron chi connectivity index (χ1n) is 4.49. The van der Waals surface area contributed by atoms with Gasteiger partial charge in [0.1, 0.15) is 0 Å². The second kappa shape index (κ2) is 5.72. The van der Waals surface area contributed by atoms with Crippen LogP contribution >= 0.6 is 0 Å². The van der Waals surface area contributed by atoms with Gasteiger partial charge in [-0.15, -0.1) is 0 Å². The monoisotopic (exact) mass is 219 g/mol. The summed E-state index contributed by atoms with van der Waals surface area (Å²) in [6.45, 7) is 1.15. The lowest BCUT2D eigenvalue weighted by atomic mass is 10.2. The van der Waals surface area contributed by atoms with Crippen molar-refractivity contribution in [2.24, 2.45) is 0 Å². The SMILES string of the molecule is COCCNCc1ccc(F)c(F)c1F. The zero-order valence-corrected chi connectivity index (χ0v) is 8.32. The van der Waals surface area contributed by atoms with Crippen molar-refractivity contribution in [2.45, 2.75) is 6.54 Å². The quantitative estimate of drug-likeness (QED) is 0.602. The Bertz CT molecular complexity index is 331. The van der Waals surface area contributed by atoms with E-state index in [4.69, 9.17) is 4.74 Å². The van der Waals surface area contributed by atoms with Crippen molar-refractivity contribution < 1.29 is 17.9 Å². The van der Waals surface area contributed by atoms with Gasteiger partial charge in [-0.05, 0) is 6.07 Å². The van der Waals surface area contributed by atoms with Gasteiger partial charge in [0.15, 0.2) is 17.5 Å². The second-order valence-corrected chi connectivity index (χ2v) is 3.00. The minimum atomic E-state index is -1.43. The van der Waals surface area contributed by atoms with Crippen molar-refractivity contribution >= 4 is 0 Å². The average Bonchev–Trinajstić information content (AvgIpc) is 2.24. The minimum absolute atomic E-state index is 0.102. The molecule has 0 saturated carbocycles. The van der Waals surface area contributed by atoms with Crippen LogP contribution in [0.25, 0.3) is 0 Å². The largest absolute Gasteiger partial charge is 0.383 e. The Hall–Kier alpha value is -1.07. The molecule has 0 heterocycles. The molecule has 1 aromatic carbocycles. The topological polar surface area (TPSA) is 21.3 Å². The van der Waals surface area contributed by atoms with Gasteiger partial charge < -0.3 is 10.1 Å². The molecule has 0 aromatic heterocycles. The Balaban J connectivity index is 2.58. The fraction of sp³-hybridized carbons (Fsp3) is 0.400. The third-order valence-electron chi connectivity index (χ3n) is 1.91. The van der Waals surface area contributed by atoms with E-state index >= 15 is 0 Å². The Kier molecular flexibility index (Phi) is 4.58. The molecular weight excluding hydrogens is 207 g/mol. The van der Waals surface area contributed by atoms with E-state index in [1.54, 1.807) is 7.11 Å². The first kappa shape index (κ1) is 12.0. The van der Waals surface area contributed by atoms with Crippen molar-refractivity contribution in [1.82, 2.24) is 5.32 Å². The van der Waals surface area contributed by atoms with Gasteiger partial charge in [0.2, 0.25) is 0 Å². The number of benzene rings is 1. The molecule has 1 rings (SSSR count). The smallest absolute Gasteiger partial charge is 0.194 e. The third kappa shape index (κ3) is 3.21. The summed E-state index contributed by atoms with van der Waals surface area (Å²) in [6.07, 6.45) is 0. The lowest BCUT2D eigenvalue weighted by Gasteiger charge is -2.06. The molecule has 0 unspecified atom stereocenters. The molecular formula is C10H12F3NO. The highest BCUT2D eigenvalue weighted by molar-refractivity contribution is 5.20. The number of rotatable bonds is 5. The Morgan fingerprint density at radius 2 is 1.93 bits per heavy atom. The lowest BCUT2D eigenvalue weighted by Crippen LogP contribution is -2.19. The summed E-state index contributed by atoms with van der Waals surface area (Å²) >= 11 is 0. The van der Waals surface area contributed by atoms with Gasteiger partial charge in [0.25, 0.3) is 0 Å². The summed E-state index contributed by atoms with van der Waals surface area (Å²) in [5, 5.41) is 2.84. The highest BCUT2D eigenvalue weighted by atomic mass is 19.2. The zero-order valence-electron chi connectivity index (χ0n) is 8.32. The maximum atomic E-state index is 13.1. The van der Waals surface area contributed by atoms with Crippen LogP contribution < -0.4 is 5.32 Å². The van der Waals surface area contributed by atoms with Gasteiger partial charge in [-0.25, -0.2) is 13.2 Å². The summed E-state index contributed by atoms with van der Waals surface area (Å²) < 4.78 is 43.2. The van der Waals surface area contributed by atoms with E-state index in [9.17, 15) is 13.2 Å². The maximum absolute atomic E-state index is 13.1. The fourth-order valence-corrected chi connectivity index (χ4v) is 1.10. The van der Waals surface area contributed by atoms with Crippen LogP contribution in [0.15, 0.2) is 12.1 Å². The van der Waals surface area contributed by atoms with Crippen LogP contribution in [-0.2, 0) is 11.3 Å². The second-order valence-electron chi connectivity index (χ2n) is 3.00. The van der Waals surface area contributed by atoms with E-state index in [-0.39, 0.29) is 12.1 Å². The number of halogens is 3. The predicted molar refractivity (Wildman–Crippen MR) is 49.9 cm³/mol. The number of hydrogen-bond acceptors (Lipinski definition) is 2. The molecule has 0 saturated heterocycles. The molecule has 5 heteroatoms. The molecule has 2 nitrogen and oxygen atoms in total. The van der Waals surface area contributed by atoms with Gasteiger partial charge in [0.05, 0.1) is 6.61 Å². The Morgan fingerprint density at radius 1 is 1.20 bits per heavy atom. The maximum Gasteiger partial charge on any atom is 0.194 e. The predicted octanol–water partition coefficient (Wildman–Crippen LogP) is 1.84. The molecule has 84 valence electrons. The molecule has 0 aliphatic carbocycles. The Morgan fingerprint density at radius 3 is 2.60 bits per heavy atom. The normalized spacial score (nSPS) is 10.7. The van der Waals surface area contributed by atoms with E-state index in [1.807, 2.05) is 0 Å². The molecule has 1 aromatic rings. The van der Waals surface area contributed by atoms with Crippen LogP contribution in [0.1, 0.15) is 5.56 Å². The summed E-state index contributed by atoms with van der Waals surface area (Å²) in [5.41, 5.74) is 0.102. The van der Waals surface area contributed by atoms with Crippen molar-refractivity contribution in [3.63, 3.8) is 0 Å². The van der Waals surface area contributed by atoms with Crippen molar-refractivity contribution in [3.8, 4) is 0 Å². The minimum Gasteiger partial charge on any atom is -0.383 e. The van der Waals surface area contributed by atoms with Gasteiger partial charge in [-0.2, -0.15) is 0 Å². The number of nitrogens with one attached hydrogen (secondary N) is 1. The standard InChI is InChI=1S/C10H12F3NO/c1-15-5-4-14-6-7-2-3-8(11)10(13)9(7)12/h2-3,14H,4-6H2,1H3. The van der Waals surface area contributed by atoms with Gasteiger partial charge in [-0.3, -0.25) is 0 Å². The summed E-state index contributed by atoms with van der Waals surface area (Å²) in [4.78, 5) is 0. The molecule has 0 bridgehead atoms. The van der Waals surface area contributed by atoms with Crippen LogP contribution in [0.2, 0.25) is 0 Å². The van der Waals surface area contributed by atoms with Gasteiger partial charge in [0, 0.05) is 25.8 Å². The van der Waals surface area contributed by atoms with Crippen LogP contribution in [0.3, 0.4) is 0 Å². The fourth-order valence-electron chi connectivity index (χ4n) is 1.10. The van der Waals surface area contributed by atoms with Crippen molar-refractivity contribution in [3.05, 3.63) is 35.1 Å². The first-order valence-corrected chi connectivity index (χ1v) is 4.49. The third-order valence-corrected chi connectivity index (χ3v) is 1.91. The number of methoxy groups -OCH3 is 1. The molecule has 0 atom stereocenters. The molecule has 0 aliphatic heterocycles. The first-order chi connectivity index (χ1) is 7.16. The van der Waals surface area contributed by atoms with Gasteiger partial charge in [-0.1, -0.05) is 6.07 Å². The van der Waals surface area contributed by atoms with E-state index in [0.717, 1.165) is 6.07 Å². The van der Waals surface area contributed by atoms with Crippen LogP contribution in [0.5, 0.6) is 0 Å². The Labute approximate surface area is 86.1 Å². The molecule has 0 aliphatic rings. The van der Waals surface area contributed by atoms with Crippen LogP contribution in [-0.4, -0.2) is 20.3 Å².